The van der Waals surface area contributed by atoms with Gasteiger partial charge in [-0.3, -0.25) is 4.79 Å². The van der Waals surface area contributed by atoms with Gasteiger partial charge in [0, 0.05) is 23.2 Å². The average Bonchev–Trinajstić information content (AvgIpc) is 3.22. The average molecular weight is 586 g/mol. The summed E-state index contributed by atoms with van der Waals surface area (Å²) >= 11 is 0. The second-order valence-electron chi connectivity index (χ2n) is 10.2. The highest BCUT2D eigenvalue weighted by Gasteiger charge is 2.41. The fourth-order valence-electron chi connectivity index (χ4n) is 5.23. The Morgan fingerprint density at radius 2 is 1.74 bits per heavy atom. The molecule has 0 aromatic heterocycles. The monoisotopic (exact) mass is 585 g/mol. The smallest absolute Gasteiger partial charge is 0.257 e. The largest absolute Gasteiger partial charge is 0.530 e. The van der Waals surface area contributed by atoms with Crippen LogP contribution in [0, 0.1) is 28.8 Å². The number of benzene rings is 3. The molecule has 4 rings (SSSR count). The van der Waals surface area contributed by atoms with Gasteiger partial charge in [0.15, 0.2) is 0 Å². The molecule has 13 heteroatoms. The Hall–Kier alpha value is -4.61. The molecule has 3 aromatic rings. The van der Waals surface area contributed by atoms with E-state index < -0.39 is 59.0 Å². The van der Waals surface area contributed by atoms with Crippen LogP contribution in [0.4, 0.5) is 28.0 Å². The van der Waals surface area contributed by atoms with Gasteiger partial charge < -0.3 is 24.9 Å². The lowest BCUT2D eigenvalue weighted by Gasteiger charge is -2.35. The topological polar surface area (TPSA) is 132 Å². The summed E-state index contributed by atoms with van der Waals surface area (Å²) in [5.41, 5.74) is 6.49. The van der Waals surface area contributed by atoms with Gasteiger partial charge in [0.25, 0.3) is 5.91 Å². The number of rotatable bonds is 9. The first-order chi connectivity index (χ1) is 19.9. The molecule has 2 N–H and O–H groups in total. The minimum absolute atomic E-state index is 0.00268. The molecule has 42 heavy (non-hydrogen) atoms. The molecule has 1 aliphatic heterocycles. The lowest BCUT2D eigenvalue weighted by Crippen LogP contribution is -2.53. The molecule has 0 bridgehead atoms. The van der Waals surface area contributed by atoms with Crippen LogP contribution in [0.5, 0.6) is 0 Å². The number of hydrogen-bond acceptors (Lipinski definition) is 6. The number of hydrogen-bond donors (Lipinski definition) is 2. The standard InChI is InChI=1S/C29H27F4N5O4/c1-29(2)38(28(40)41)21(15-42-29)10-11-22-23(33)4-3-5-24(22)35-27(39)26(36-37-34)25(16-6-8-18(30)9-7-16)17-12-19(31)14-20(32)13-17/h3-9,12-14,21,25-26,34H,10-11,15H2,1-2H3,(H-,35,39,40,41)/t21?,25-,26-/m0/s1. The van der Waals surface area contributed by atoms with Crippen molar-refractivity contribution in [2.24, 2.45) is 5.11 Å². The van der Waals surface area contributed by atoms with Gasteiger partial charge in [0.05, 0.1) is 12.6 Å². The van der Waals surface area contributed by atoms with Crippen LogP contribution in [-0.2, 0) is 16.0 Å². The third-order valence-electron chi connectivity index (χ3n) is 7.11. The Labute approximate surface area is 238 Å². The summed E-state index contributed by atoms with van der Waals surface area (Å²) in [7, 11) is 0. The highest BCUT2D eigenvalue weighted by atomic mass is 19.1. The number of amides is 2. The predicted octanol–water partition coefficient (Wildman–Crippen LogP) is 4.65. The van der Waals surface area contributed by atoms with Crippen LogP contribution in [0.15, 0.2) is 65.8 Å². The first kappa shape index (κ1) is 30.4. The highest BCUT2D eigenvalue weighted by Crippen LogP contribution is 2.34. The van der Waals surface area contributed by atoms with Crippen molar-refractivity contribution in [2.75, 3.05) is 11.9 Å². The van der Waals surface area contributed by atoms with Crippen molar-refractivity contribution in [2.45, 2.75) is 50.4 Å². The molecule has 1 aliphatic rings. The van der Waals surface area contributed by atoms with E-state index in [1.807, 2.05) is 0 Å². The van der Waals surface area contributed by atoms with E-state index in [1.54, 1.807) is 13.8 Å². The Balaban J connectivity index is 1.66. The van der Waals surface area contributed by atoms with Crippen molar-refractivity contribution in [3.8, 4) is 0 Å². The number of carbonyl (C=O) groups is 2. The molecule has 1 heterocycles. The van der Waals surface area contributed by atoms with E-state index in [1.165, 1.54) is 30.3 Å². The van der Waals surface area contributed by atoms with Crippen LogP contribution >= 0.6 is 0 Å². The molecule has 1 unspecified atom stereocenters. The minimum atomic E-state index is -1.58. The quantitative estimate of drug-likeness (QED) is 0.215. The summed E-state index contributed by atoms with van der Waals surface area (Å²) in [5.74, 6) is -5.24. The van der Waals surface area contributed by atoms with Gasteiger partial charge in [-0.15, -0.1) is 0 Å². The van der Waals surface area contributed by atoms with Crippen LogP contribution < -0.4 is 15.3 Å². The van der Waals surface area contributed by atoms with Crippen LogP contribution in [0.2, 0.25) is 0 Å². The Morgan fingerprint density at radius 1 is 1.07 bits per heavy atom. The van der Waals surface area contributed by atoms with Gasteiger partial charge in [0.2, 0.25) is 11.0 Å². The molecule has 2 amide bonds. The van der Waals surface area contributed by atoms with Crippen LogP contribution in [0.1, 0.15) is 42.9 Å². The van der Waals surface area contributed by atoms with E-state index in [9.17, 15) is 27.9 Å². The summed E-state index contributed by atoms with van der Waals surface area (Å²) in [6.45, 7) is 3.20. The number of halogens is 4. The first-order valence-electron chi connectivity index (χ1n) is 12.9. The maximum absolute atomic E-state index is 15.0. The molecule has 1 saturated heterocycles. The summed E-state index contributed by atoms with van der Waals surface area (Å²) < 4.78 is 62.7. The Morgan fingerprint density at radius 3 is 2.36 bits per heavy atom. The fraction of sp³-hybridized carbons (Fsp3) is 0.310. The van der Waals surface area contributed by atoms with Gasteiger partial charge in [-0.25, -0.2) is 17.6 Å². The maximum Gasteiger partial charge on any atom is 0.257 e. The van der Waals surface area contributed by atoms with Crippen molar-refractivity contribution in [3.63, 3.8) is 0 Å². The third kappa shape index (κ3) is 6.64. The molecular weight excluding hydrogens is 558 g/mol. The number of nitrogens with zero attached hydrogens (tertiary/aromatic N) is 3. The second-order valence-corrected chi connectivity index (χ2v) is 10.2. The van der Waals surface area contributed by atoms with Gasteiger partial charge >= 0.3 is 0 Å². The molecular formula is C29H27F4N5O4. The molecule has 0 spiro atoms. The summed E-state index contributed by atoms with van der Waals surface area (Å²) in [6, 6.07) is 9.16. The van der Waals surface area contributed by atoms with Crippen molar-refractivity contribution in [3.05, 3.63) is 101 Å². The normalized spacial score (nSPS) is 17.3. The van der Waals surface area contributed by atoms with E-state index >= 15 is 4.39 Å². The van der Waals surface area contributed by atoms with Gasteiger partial charge in [0.1, 0.15) is 45.7 Å². The number of carbonyl (C=O) groups excluding carboxylic acids is 2. The van der Waals surface area contributed by atoms with E-state index in [2.05, 4.69) is 15.3 Å². The summed E-state index contributed by atoms with van der Waals surface area (Å²) in [4.78, 5) is 29.4. The maximum atomic E-state index is 15.0. The SMILES string of the molecule is CC1(C)OCC(CCc2c(F)cccc2NC(=O)[C@@H](N=[N+]=N)[C@@H](c2ccc(F)cc2)c2cc(F)cc(F)c2)N1C(=O)[O-]. The lowest BCUT2D eigenvalue weighted by molar-refractivity contribution is -0.276. The fourth-order valence-corrected chi connectivity index (χ4v) is 5.23. The molecule has 0 radical (unpaired) electrons. The van der Waals surface area contributed by atoms with E-state index in [0.717, 1.165) is 29.2 Å². The van der Waals surface area contributed by atoms with Crippen molar-refractivity contribution in [1.82, 2.24) is 9.81 Å². The van der Waals surface area contributed by atoms with E-state index in [4.69, 9.17) is 10.3 Å². The van der Waals surface area contributed by atoms with Crippen molar-refractivity contribution in [1.29, 1.82) is 5.53 Å². The van der Waals surface area contributed by atoms with Crippen molar-refractivity contribution >= 4 is 17.7 Å². The summed E-state index contributed by atoms with van der Waals surface area (Å²) in [5, 5.41) is 18.0. The number of nitrogens with one attached hydrogen (secondary N) is 2. The second kappa shape index (κ2) is 12.5. The van der Waals surface area contributed by atoms with E-state index in [0.29, 0.717) is 6.07 Å². The molecule has 0 aliphatic carbocycles. The zero-order chi connectivity index (χ0) is 30.6. The van der Waals surface area contributed by atoms with Crippen LogP contribution in [0.3, 0.4) is 0 Å². The number of ether oxygens (including phenoxy) is 1. The molecule has 9 nitrogen and oxygen atoms in total. The number of anilines is 1. The zero-order valence-corrected chi connectivity index (χ0v) is 22.6. The molecule has 220 valence electrons. The Bertz CT molecular complexity index is 1510. The molecule has 3 atom stereocenters. The molecule has 3 aromatic carbocycles. The minimum Gasteiger partial charge on any atom is -0.530 e. The first-order valence-corrected chi connectivity index (χ1v) is 12.9. The summed E-state index contributed by atoms with van der Waals surface area (Å²) in [6.07, 6.45) is -1.30. The highest BCUT2D eigenvalue weighted by molar-refractivity contribution is 5.96. The molecule has 0 saturated carbocycles. The molecule has 1 fully saturated rings. The van der Waals surface area contributed by atoms with Crippen LogP contribution in [-0.4, -0.2) is 41.3 Å². The van der Waals surface area contributed by atoms with Crippen LogP contribution in [0.25, 0.3) is 0 Å². The number of carboxylic acid groups (broad SMARTS) is 1. The zero-order valence-electron chi connectivity index (χ0n) is 22.6. The van der Waals surface area contributed by atoms with Gasteiger partial charge in [-0.1, -0.05) is 18.2 Å². The Kier molecular flexibility index (Phi) is 9.03. The predicted molar refractivity (Wildman–Crippen MR) is 140 cm³/mol. The van der Waals surface area contributed by atoms with Crippen molar-refractivity contribution < 1.29 is 37.0 Å². The van der Waals surface area contributed by atoms with Gasteiger partial charge in [-0.2, -0.15) is 0 Å². The van der Waals surface area contributed by atoms with E-state index in [-0.39, 0.29) is 41.8 Å². The van der Waals surface area contributed by atoms with Gasteiger partial charge in [-0.05, 0) is 74.2 Å². The third-order valence-corrected chi connectivity index (χ3v) is 7.11. The lowest BCUT2D eigenvalue weighted by atomic mass is 9.84.